The minimum absolute atomic E-state index is 0.529. The number of anilines is 1. The van der Waals surface area contributed by atoms with Gasteiger partial charge in [0.05, 0.1) is 24.4 Å². The number of nitrogens with zero attached hydrogens (tertiary/aromatic N) is 1. The van der Waals surface area contributed by atoms with E-state index < -0.39 is 0 Å². The fraction of sp³-hybridized carbons (Fsp3) is 0.0500. The molecule has 5 heteroatoms. The van der Waals surface area contributed by atoms with Crippen LogP contribution in [0.1, 0.15) is 5.56 Å². The average molecular weight is 367 g/mol. The maximum Gasteiger partial charge on any atom is 0.142 e. The van der Waals surface area contributed by atoms with Crippen LogP contribution in [0.4, 0.5) is 5.69 Å². The second-order valence-electron chi connectivity index (χ2n) is 5.27. The molecule has 3 aromatic rings. The monoisotopic (exact) mass is 366 g/mol. The molecule has 3 aromatic carbocycles. The minimum atomic E-state index is 0.529. The molecule has 1 N–H and O–H groups in total. The molecule has 0 heterocycles. The maximum absolute atomic E-state index is 9.06. The molecule has 3 rings (SSSR count). The van der Waals surface area contributed by atoms with Crippen molar-refractivity contribution >= 4 is 29.2 Å². The van der Waals surface area contributed by atoms with Gasteiger partial charge in [0, 0.05) is 9.92 Å². The number of methoxy groups -OCH3 is 1. The second kappa shape index (κ2) is 7.98. The van der Waals surface area contributed by atoms with Crippen LogP contribution < -0.4 is 9.46 Å². The molecule has 0 aromatic heterocycles. The van der Waals surface area contributed by atoms with Crippen molar-refractivity contribution < 1.29 is 4.74 Å². The molecule has 0 saturated carbocycles. The predicted molar refractivity (Wildman–Crippen MR) is 104 cm³/mol. The summed E-state index contributed by atoms with van der Waals surface area (Å²) in [6.45, 7) is 0. The van der Waals surface area contributed by atoms with Gasteiger partial charge in [-0.15, -0.1) is 0 Å². The van der Waals surface area contributed by atoms with Crippen LogP contribution in [0.15, 0.2) is 71.6 Å². The molecule has 0 aliphatic rings. The first-order valence-corrected chi connectivity index (χ1v) is 8.76. The van der Waals surface area contributed by atoms with Crippen LogP contribution in [0.3, 0.4) is 0 Å². The van der Waals surface area contributed by atoms with Crippen molar-refractivity contribution in [2.75, 3.05) is 11.8 Å². The summed E-state index contributed by atoms with van der Waals surface area (Å²) < 4.78 is 8.73. The fourth-order valence-electron chi connectivity index (χ4n) is 2.40. The van der Waals surface area contributed by atoms with Gasteiger partial charge >= 0.3 is 0 Å². The van der Waals surface area contributed by atoms with E-state index in [1.165, 1.54) is 11.9 Å². The zero-order valence-electron chi connectivity index (χ0n) is 13.5. The highest BCUT2D eigenvalue weighted by atomic mass is 35.5. The molecule has 25 heavy (non-hydrogen) atoms. The summed E-state index contributed by atoms with van der Waals surface area (Å²) >= 11 is 7.44. The maximum atomic E-state index is 9.06. The van der Waals surface area contributed by atoms with E-state index in [1.807, 2.05) is 42.5 Å². The van der Waals surface area contributed by atoms with Gasteiger partial charge in [-0.3, -0.25) is 0 Å². The summed E-state index contributed by atoms with van der Waals surface area (Å²) in [6.07, 6.45) is 0. The first kappa shape index (κ1) is 17.2. The second-order valence-corrected chi connectivity index (χ2v) is 6.59. The van der Waals surface area contributed by atoms with Crippen LogP contribution in [-0.2, 0) is 0 Å². The Labute approximate surface area is 156 Å². The highest BCUT2D eigenvalue weighted by molar-refractivity contribution is 8.00. The standard InChI is InChI=1S/C20H15ClN2OS/c1-24-20-8-7-16(15-5-3-2-4-6-15)11-19(20)23-25-18-10-14(13-22)9-17(21)12-18/h2-12,23H,1H3. The molecular formula is C20H15ClN2OS. The molecule has 3 nitrogen and oxygen atoms in total. The summed E-state index contributed by atoms with van der Waals surface area (Å²) in [4.78, 5) is 0.858. The van der Waals surface area contributed by atoms with E-state index in [0.29, 0.717) is 10.6 Å². The van der Waals surface area contributed by atoms with Crippen LogP contribution in [0.5, 0.6) is 5.75 Å². The van der Waals surface area contributed by atoms with E-state index in [2.05, 4.69) is 22.9 Å². The van der Waals surface area contributed by atoms with Crippen LogP contribution in [0.25, 0.3) is 11.1 Å². The Bertz CT molecular complexity index is 923. The highest BCUT2D eigenvalue weighted by Gasteiger charge is 2.07. The molecule has 124 valence electrons. The SMILES string of the molecule is COc1ccc(-c2ccccc2)cc1NSc1cc(Cl)cc(C#N)c1. The van der Waals surface area contributed by atoms with Crippen molar-refractivity contribution in [3.8, 4) is 22.9 Å². The lowest BCUT2D eigenvalue weighted by Gasteiger charge is -2.13. The van der Waals surface area contributed by atoms with Crippen LogP contribution in [0, 0.1) is 11.3 Å². The fourth-order valence-corrected chi connectivity index (χ4v) is 3.46. The Morgan fingerprint density at radius 3 is 2.52 bits per heavy atom. The number of hydrogen-bond acceptors (Lipinski definition) is 4. The van der Waals surface area contributed by atoms with Crippen molar-refractivity contribution in [3.05, 3.63) is 77.3 Å². The van der Waals surface area contributed by atoms with Gasteiger partial charge < -0.3 is 9.46 Å². The number of rotatable bonds is 5. The van der Waals surface area contributed by atoms with E-state index in [4.69, 9.17) is 21.6 Å². The van der Waals surface area contributed by atoms with E-state index in [9.17, 15) is 0 Å². The molecular weight excluding hydrogens is 352 g/mol. The van der Waals surface area contributed by atoms with E-state index in [1.54, 1.807) is 19.2 Å². The van der Waals surface area contributed by atoms with Crippen LogP contribution in [0.2, 0.25) is 5.02 Å². The van der Waals surface area contributed by atoms with Gasteiger partial charge in [-0.2, -0.15) is 5.26 Å². The Hall–Kier alpha value is -2.61. The molecule has 0 atom stereocenters. The number of nitriles is 1. The first-order valence-electron chi connectivity index (χ1n) is 7.56. The summed E-state index contributed by atoms with van der Waals surface area (Å²) in [5, 5.41) is 9.59. The number of hydrogen-bond donors (Lipinski definition) is 1. The number of benzene rings is 3. The van der Waals surface area contributed by atoms with Gasteiger partial charge in [0.15, 0.2) is 0 Å². The van der Waals surface area contributed by atoms with Crippen molar-refractivity contribution in [2.45, 2.75) is 4.90 Å². The predicted octanol–water partition coefficient (Wildman–Crippen LogP) is 6.01. The largest absolute Gasteiger partial charge is 0.495 e. The topological polar surface area (TPSA) is 45.0 Å². The van der Waals surface area contributed by atoms with E-state index in [-0.39, 0.29) is 0 Å². The smallest absolute Gasteiger partial charge is 0.142 e. The summed E-state index contributed by atoms with van der Waals surface area (Å²) in [7, 11) is 1.64. The van der Waals surface area contributed by atoms with Gasteiger partial charge in [-0.25, -0.2) is 0 Å². The van der Waals surface area contributed by atoms with Gasteiger partial charge in [-0.1, -0.05) is 48.0 Å². The molecule has 0 amide bonds. The lowest BCUT2D eigenvalue weighted by Crippen LogP contribution is -1.93. The van der Waals surface area contributed by atoms with E-state index >= 15 is 0 Å². The van der Waals surface area contributed by atoms with Crippen molar-refractivity contribution in [1.29, 1.82) is 5.26 Å². The molecule has 0 radical (unpaired) electrons. The molecule has 0 bridgehead atoms. The van der Waals surface area contributed by atoms with Gasteiger partial charge in [0.1, 0.15) is 5.75 Å². The average Bonchev–Trinajstić information content (AvgIpc) is 2.66. The zero-order valence-corrected chi connectivity index (χ0v) is 15.1. The highest BCUT2D eigenvalue weighted by Crippen LogP contribution is 2.34. The van der Waals surface area contributed by atoms with Crippen LogP contribution >= 0.6 is 23.5 Å². The normalized spacial score (nSPS) is 10.1. The number of ether oxygens (including phenoxy) is 1. The van der Waals surface area contributed by atoms with Crippen molar-refractivity contribution in [3.63, 3.8) is 0 Å². The summed E-state index contributed by atoms with van der Waals surface area (Å²) in [6, 6.07) is 23.5. The zero-order chi connectivity index (χ0) is 17.6. The quantitative estimate of drug-likeness (QED) is 0.562. The Morgan fingerprint density at radius 1 is 1.00 bits per heavy atom. The number of halogens is 1. The summed E-state index contributed by atoms with van der Waals surface area (Å²) in [5.74, 6) is 0.745. The number of nitrogens with one attached hydrogen (secondary N) is 1. The van der Waals surface area contributed by atoms with Gasteiger partial charge in [0.2, 0.25) is 0 Å². The molecule has 0 unspecified atom stereocenters. The molecule has 0 aliphatic heterocycles. The Kier molecular flexibility index (Phi) is 5.49. The van der Waals surface area contributed by atoms with Crippen LogP contribution in [-0.4, -0.2) is 7.11 Å². The molecule has 0 spiro atoms. The summed E-state index contributed by atoms with van der Waals surface area (Å²) in [5.41, 5.74) is 3.61. The molecule has 0 saturated heterocycles. The van der Waals surface area contributed by atoms with E-state index in [0.717, 1.165) is 27.5 Å². The first-order chi connectivity index (χ1) is 12.2. The molecule has 0 fully saturated rings. The Morgan fingerprint density at radius 2 is 1.80 bits per heavy atom. The molecule has 0 aliphatic carbocycles. The minimum Gasteiger partial charge on any atom is -0.495 e. The third kappa shape index (κ3) is 4.27. The Balaban J connectivity index is 1.86. The van der Waals surface area contributed by atoms with Crippen molar-refractivity contribution in [1.82, 2.24) is 0 Å². The van der Waals surface area contributed by atoms with Gasteiger partial charge in [0.25, 0.3) is 0 Å². The lowest BCUT2D eigenvalue weighted by molar-refractivity contribution is 0.417. The lowest BCUT2D eigenvalue weighted by atomic mass is 10.1. The van der Waals surface area contributed by atoms with Crippen molar-refractivity contribution in [2.24, 2.45) is 0 Å². The van der Waals surface area contributed by atoms with Gasteiger partial charge in [-0.05, 0) is 53.4 Å². The third-order valence-electron chi connectivity index (χ3n) is 3.59. The third-order valence-corrected chi connectivity index (χ3v) is 4.60.